The normalized spacial score (nSPS) is 12.4. The van der Waals surface area contributed by atoms with Crippen molar-refractivity contribution in [1.82, 2.24) is 9.78 Å². The van der Waals surface area contributed by atoms with E-state index in [1.165, 1.54) is 0 Å². The number of aryl methyl sites for hydroxylation is 1. The molecular formula is C14H18BrN3O2. The summed E-state index contributed by atoms with van der Waals surface area (Å²) >= 11 is 3.46. The van der Waals surface area contributed by atoms with Crippen molar-refractivity contribution < 1.29 is 9.84 Å². The summed E-state index contributed by atoms with van der Waals surface area (Å²) in [5.41, 5.74) is 8.19. The highest BCUT2D eigenvalue weighted by atomic mass is 79.9. The van der Waals surface area contributed by atoms with E-state index >= 15 is 0 Å². The first-order valence-electron chi connectivity index (χ1n) is 6.33. The first kappa shape index (κ1) is 14.9. The second-order valence-electron chi connectivity index (χ2n) is 4.70. The van der Waals surface area contributed by atoms with E-state index in [4.69, 9.17) is 10.5 Å². The Hall–Kier alpha value is -1.53. The average molecular weight is 340 g/mol. The third-order valence-corrected chi connectivity index (χ3v) is 4.15. The molecule has 0 saturated heterocycles. The molecule has 0 saturated carbocycles. The molecule has 0 spiro atoms. The Morgan fingerprint density at radius 3 is 2.55 bits per heavy atom. The van der Waals surface area contributed by atoms with Crippen molar-refractivity contribution in [3.8, 4) is 5.75 Å². The number of hydrogen-bond acceptors (Lipinski definition) is 4. The van der Waals surface area contributed by atoms with E-state index in [9.17, 15) is 5.11 Å². The van der Waals surface area contributed by atoms with Gasteiger partial charge in [-0.3, -0.25) is 4.68 Å². The number of anilines is 1. The van der Waals surface area contributed by atoms with E-state index < -0.39 is 6.10 Å². The molecule has 20 heavy (non-hydrogen) atoms. The number of benzene rings is 1. The topological polar surface area (TPSA) is 73.3 Å². The van der Waals surface area contributed by atoms with E-state index in [0.717, 1.165) is 15.9 Å². The van der Waals surface area contributed by atoms with E-state index in [-0.39, 0.29) is 6.61 Å². The van der Waals surface area contributed by atoms with Crippen molar-refractivity contribution in [2.45, 2.75) is 26.5 Å². The Labute approximate surface area is 126 Å². The molecule has 0 aliphatic carbocycles. The van der Waals surface area contributed by atoms with Crippen molar-refractivity contribution in [3.05, 3.63) is 40.1 Å². The Bertz CT molecular complexity index is 581. The van der Waals surface area contributed by atoms with E-state index in [2.05, 4.69) is 21.0 Å². The smallest absolute Gasteiger partial charge is 0.119 e. The number of aromatic nitrogens is 2. The fourth-order valence-electron chi connectivity index (χ4n) is 1.86. The van der Waals surface area contributed by atoms with Crippen LogP contribution in [0, 0.1) is 13.8 Å². The molecule has 1 aromatic carbocycles. The highest BCUT2D eigenvalue weighted by molar-refractivity contribution is 9.10. The second-order valence-corrected chi connectivity index (χ2v) is 5.49. The summed E-state index contributed by atoms with van der Waals surface area (Å²) < 4.78 is 8.26. The molecule has 0 radical (unpaired) electrons. The number of aliphatic hydroxyl groups is 1. The van der Waals surface area contributed by atoms with Gasteiger partial charge in [-0.05, 0) is 54.0 Å². The molecule has 1 unspecified atom stereocenters. The van der Waals surface area contributed by atoms with Gasteiger partial charge >= 0.3 is 0 Å². The first-order valence-corrected chi connectivity index (χ1v) is 7.12. The maximum atomic E-state index is 10.0. The molecule has 108 valence electrons. The maximum Gasteiger partial charge on any atom is 0.119 e. The minimum Gasteiger partial charge on any atom is -0.491 e. The predicted octanol–water partition coefficient (Wildman–Crippen LogP) is 2.28. The Morgan fingerprint density at radius 1 is 1.35 bits per heavy atom. The van der Waals surface area contributed by atoms with Gasteiger partial charge in [-0.1, -0.05) is 0 Å². The first-order chi connectivity index (χ1) is 9.47. The molecule has 3 N–H and O–H groups in total. The zero-order valence-electron chi connectivity index (χ0n) is 11.5. The monoisotopic (exact) mass is 339 g/mol. The Balaban J connectivity index is 1.90. The van der Waals surface area contributed by atoms with Crippen molar-refractivity contribution in [2.24, 2.45) is 0 Å². The fraction of sp³-hybridized carbons (Fsp3) is 0.357. The third-order valence-electron chi connectivity index (χ3n) is 3.00. The van der Waals surface area contributed by atoms with Gasteiger partial charge in [0.25, 0.3) is 0 Å². The van der Waals surface area contributed by atoms with Crippen LogP contribution in [0.3, 0.4) is 0 Å². The largest absolute Gasteiger partial charge is 0.491 e. The van der Waals surface area contributed by atoms with Crippen LogP contribution in [0.25, 0.3) is 0 Å². The summed E-state index contributed by atoms with van der Waals surface area (Å²) in [5.74, 6) is 0.688. The number of nitrogen functional groups attached to an aromatic ring is 1. The second kappa shape index (κ2) is 6.28. The predicted molar refractivity (Wildman–Crippen MR) is 81.8 cm³/mol. The lowest BCUT2D eigenvalue weighted by atomic mass is 10.3. The van der Waals surface area contributed by atoms with Crippen molar-refractivity contribution in [2.75, 3.05) is 12.3 Å². The zero-order valence-corrected chi connectivity index (χ0v) is 13.1. The van der Waals surface area contributed by atoms with Crippen LogP contribution < -0.4 is 10.5 Å². The van der Waals surface area contributed by atoms with Crippen LogP contribution in [-0.4, -0.2) is 27.6 Å². The van der Waals surface area contributed by atoms with Gasteiger partial charge in [-0.25, -0.2) is 0 Å². The van der Waals surface area contributed by atoms with Crippen LogP contribution in [0.1, 0.15) is 11.4 Å². The van der Waals surface area contributed by atoms with Gasteiger partial charge in [0.2, 0.25) is 0 Å². The molecule has 0 aliphatic rings. The minimum absolute atomic E-state index is 0.208. The summed E-state index contributed by atoms with van der Waals surface area (Å²) in [6, 6.07) is 7.09. The minimum atomic E-state index is -0.627. The molecule has 1 atom stereocenters. The number of ether oxygens (including phenoxy) is 1. The summed E-state index contributed by atoms with van der Waals surface area (Å²) in [4.78, 5) is 0. The number of rotatable bonds is 5. The number of aliphatic hydroxyl groups excluding tert-OH is 1. The number of hydrogen-bond donors (Lipinski definition) is 2. The molecule has 0 fully saturated rings. The van der Waals surface area contributed by atoms with Gasteiger partial charge < -0.3 is 15.6 Å². The van der Waals surface area contributed by atoms with Crippen molar-refractivity contribution >= 4 is 21.6 Å². The zero-order chi connectivity index (χ0) is 14.7. The maximum absolute atomic E-state index is 10.0. The Morgan fingerprint density at radius 2 is 2.00 bits per heavy atom. The van der Waals surface area contributed by atoms with Gasteiger partial charge in [-0.2, -0.15) is 5.10 Å². The van der Waals surface area contributed by atoms with Gasteiger partial charge in [0.05, 0.1) is 16.7 Å². The van der Waals surface area contributed by atoms with Crippen LogP contribution in [0.5, 0.6) is 5.75 Å². The molecule has 2 rings (SSSR count). The van der Waals surface area contributed by atoms with Crippen LogP contribution in [0.2, 0.25) is 0 Å². The summed E-state index contributed by atoms with van der Waals surface area (Å²) in [6.45, 7) is 4.48. The highest BCUT2D eigenvalue weighted by Gasteiger charge is 2.13. The molecule has 0 aliphatic heterocycles. The number of nitrogens with two attached hydrogens (primary N) is 1. The summed E-state index contributed by atoms with van der Waals surface area (Å²) in [6.07, 6.45) is -0.627. The van der Waals surface area contributed by atoms with E-state index in [0.29, 0.717) is 18.0 Å². The van der Waals surface area contributed by atoms with E-state index in [1.807, 2.05) is 13.8 Å². The standard InChI is InChI=1S/C14H18BrN3O2/c1-9-14(15)10(2)18(17-9)7-12(19)8-20-13-5-3-11(16)4-6-13/h3-6,12,19H,7-8,16H2,1-2H3. The van der Waals surface area contributed by atoms with Crippen LogP contribution >= 0.6 is 15.9 Å². The SMILES string of the molecule is Cc1nn(CC(O)COc2ccc(N)cc2)c(C)c1Br. The van der Waals surface area contributed by atoms with Crippen LogP contribution in [-0.2, 0) is 6.54 Å². The summed E-state index contributed by atoms with van der Waals surface area (Å²) in [5, 5.41) is 14.4. The molecule has 1 aromatic heterocycles. The molecule has 5 nitrogen and oxygen atoms in total. The molecule has 0 amide bonds. The molecule has 1 heterocycles. The van der Waals surface area contributed by atoms with Crippen LogP contribution in [0.4, 0.5) is 5.69 Å². The lowest BCUT2D eigenvalue weighted by Gasteiger charge is -2.13. The van der Waals surface area contributed by atoms with Crippen molar-refractivity contribution in [1.29, 1.82) is 0 Å². The lowest BCUT2D eigenvalue weighted by molar-refractivity contribution is 0.0887. The number of nitrogens with zero attached hydrogens (tertiary/aromatic N) is 2. The molecule has 0 bridgehead atoms. The third kappa shape index (κ3) is 3.52. The van der Waals surface area contributed by atoms with Crippen molar-refractivity contribution in [3.63, 3.8) is 0 Å². The fourth-order valence-corrected chi connectivity index (χ4v) is 2.15. The van der Waals surface area contributed by atoms with Gasteiger partial charge in [0.15, 0.2) is 0 Å². The number of halogens is 1. The Kier molecular flexibility index (Phi) is 4.67. The van der Waals surface area contributed by atoms with Gasteiger partial charge in [-0.15, -0.1) is 0 Å². The molecule has 6 heteroatoms. The molecule has 2 aromatic rings. The van der Waals surface area contributed by atoms with Gasteiger partial charge in [0, 0.05) is 11.4 Å². The lowest BCUT2D eigenvalue weighted by Crippen LogP contribution is -2.24. The quantitative estimate of drug-likeness (QED) is 0.819. The molecular weight excluding hydrogens is 322 g/mol. The van der Waals surface area contributed by atoms with E-state index in [1.54, 1.807) is 28.9 Å². The summed E-state index contributed by atoms with van der Waals surface area (Å²) in [7, 11) is 0. The van der Waals surface area contributed by atoms with Crippen LogP contribution in [0.15, 0.2) is 28.7 Å². The highest BCUT2D eigenvalue weighted by Crippen LogP contribution is 2.20. The van der Waals surface area contributed by atoms with Gasteiger partial charge in [0.1, 0.15) is 18.5 Å². The average Bonchev–Trinajstić information content (AvgIpc) is 2.66.